The van der Waals surface area contributed by atoms with E-state index in [0.717, 1.165) is 17.0 Å². The van der Waals surface area contributed by atoms with E-state index < -0.39 is 5.72 Å². The molecule has 0 radical (unpaired) electrons. The van der Waals surface area contributed by atoms with Crippen LogP contribution in [0.1, 0.15) is 24.5 Å². The van der Waals surface area contributed by atoms with Gasteiger partial charge in [-0.2, -0.15) is 0 Å². The number of rotatable bonds is 6. The number of methoxy groups -OCH3 is 1. The maximum Gasteiger partial charge on any atom is 0.139 e. The SMILES string of the molecule is CCC(N)(O)c1cccc(NCc2ccccc2OC)c1. The molecule has 2 aromatic rings. The predicted molar refractivity (Wildman–Crippen MR) is 85.1 cm³/mol. The Labute approximate surface area is 125 Å². The van der Waals surface area contributed by atoms with Crippen molar-refractivity contribution in [2.45, 2.75) is 25.6 Å². The van der Waals surface area contributed by atoms with Crippen molar-refractivity contribution in [2.75, 3.05) is 12.4 Å². The Bertz CT molecular complexity index is 597. The van der Waals surface area contributed by atoms with Crippen molar-refractivity contribution in [3.8, 4) is 5.75 Å². The Morgan fingerprint density at radius 2 is 1.95 bits per heavy atom. The van der Waals surface area contributed by atoms with Crippen LogP contribution in [0.4, 0.5) is 5.69 Å². The zero-order valence-electron chi connectivity index (χ0n) is 12.5. The van der Waals surface area contributed by atoms with E-state index in [2.05, 4.69) is 5.32 Å². The van der Waals surface area contributed by atoms with Gasteiger partial charge in [0.15, 0.2) is 0 Å². The van der Waals surface area contributed by atoms with Gasteiger partial charge in [0, 0.05) is 23.4 Å². The number of nitrogens with one attached hydrogen (secondary N) is 1. The summed E-state index contributed by atoms with van der Waals surface area (Å²) in [6.45, 7) is 2.50. The number of anilines is 1. The number of benzene rings is 2. The summed E-state index contributed by atoms with van der Waals surface area (Å²) in [4.78, 5) is 0. The quantitative estimate of drug-likeness (QED) is 0.714. The normalized spacial score (nSPS) is 13.5. The summed E-state index contributed by atoms with van der Waals surface area (Å²) < 4.78 is 5.33. The zero-order chi connectivity index (χ0) is 15.3. The van der Waals surface area contributed by atoms with E-state index in [9.17, 15) is 5.11 Å². The Morgan fingerprint density at radius 3 is 2.67 bits per heavy atom. The van der Waals surface area contributed by atoms with Crippen LogP contribution in [-0.4, -0.2) is 12.2 Å². The summed E-state index contributed by atoms with van der Waals surface area (Å²) in [5.41, 5.74) is 7.27. The first kappa shape index (κ1) is 15.4. The fraction of sp³-hybridized carbons (Fsp3) is 0.294. The highest BCUT2D eigenvalue weighted by atomic mass is 16.5. The fourth-order valence-corrected chi connectivity index (χ4v) is 2.15. The number of hydrogen-bond donors (Lipinski definition) is 3. The summed E-state index contributed by atoms with van der Waals surface area (Å²) in [5.74, 6) is 0.852. The molecule has 1 unspecified atom stereocenters. The molecule has 4 nitrogen and oxygen atoms in total. The lowest BCUT2D eigenvalue weighted by Gasteiger charge is -2.22. The molecule has 0 aliphatic heterocycles. The number of aliphatic hydroxyl groups is 1. The highest BCUT2D eigenvalue weighted by Crippen LogP contribution is 2.23. The summed E-state index contributed by atoms with van der Waals surface area (Å²) in [6.07, 6.45) is 0.461. The summed E-state index contributed by atoms with van der Waals surface area (Å²) in [6, 6.07) is 15.4. The van der Waals surface area contributed by atoms with Crippen LogP contribution in [0.5, 0.6) is 5.75 Å². The van der Waals surface area contributed by atoms with Crippen molar-refractivity contribution in [2.24, 2.45) is 5.73 Å². The molecule has 2 aromatic carbocycles. The van der Waals surface area contributed by atoms with Gasteiger partial charge in [-0.25, -0.2) is 0 Å². The van der Waals surface area contributed by atoms with Crippen LogP contribution in [-0.2, 0) is 12.3 Å². The summed E-state index contributed by atoms with van der Waals surface area (Å²) >= 11 is 0. The van der Waals surface area contributed by atoms with Crippen LogP contribution in [0.15, 0.2) is 48.5 Å². The first-order valence-corrected chi connectivity index (χ1v) is 7.04. The molecule has 2 rings (SSSR count). The molecule has 0 aliphatic rings. The van der Waals surface area contributed by atoms with Crippen LogP contribution in [0.25, 0.3) is 0 Å². The lowest BCUT2D eigenvalue weighted by molar-refractivity contribution is 0.0395. The molecule has 0 aromatic heterocycles. The minimum Gasteiger partial charge on any atom is -0.496 e. The standard InChI is InChI=1S/C17H22N2O2/c1-3-17(18,20)14-8-6-9-15(11-14)19-12-13-7-4-5-10-16(13)21-2/h4-11,19-20H,3,12,18H2,1-2H3. The molecule has 0 fully saturated rings. The average Bonchev–Trinajstić information content (AvgIpc) is 2.53. The number of hydrogen-bond acceptors (Lipinski definition) is 4. The molecular weight excluding hydrogens is 264 g/mol. The largest absolute Gasteiger partial charge is 0.496 e. The number of ether oxygens (including phenoxy) is 1. The van der Waals surface area contributed by atoms with Gasteiger partial charge in [0.05, 0.1) is 7.11 Å². The molecule has 0 heterocycles. The zero-order valence-corrected chi connectivity index (χ0v) is 12.5. The third-order valence-corrected chi connectivity index (χ3v) is 3.58. The van der Waals surface area contributed by atoms with Crippen LogP contribution < -0.4 is 15.8 Å². The smallest absolute Gasteiger partial charge is 0.139 e. The van der Waals surface area contributed by atoms with E-state index in [1.807, 2.05) is 55.5 Å². The lowest BCUT2D eigenvalue weighted by Crippen LogP contribution is -2.35. The van der Waals surface area contributed by atoms with Crippen molar-refractivity contribution in [1.82, 2.24) is 0 Å². The van der Waals surface area contributed by atoms with Gasteiger partial charge in [0.2, 0.25) is 0 Å². The Morgan fingerprint density at radius 1 is 1.19 bits per heavy atom. The van der Waals surface area contributed by atoms with E-state index in [1.165, 1.54) is 0 Å². The van der Waals surface area contributed by atoms with Crippen molar-refractivity contribution in [3.05, 3.63) is 59.7 Å². The maximum absolute atomic E-state index is 10.1. The molecule has 0 saturated heterocycles. The molecule has 112 valence electrons. The van der Waals surface area contributed by atoms with Crippen molar-refractivity contribution in [1.29, 1.82) is 0 Å². The monoisotopic (exact) mass is 286 g/mol. The van der Waals surface area contributed by atoms with Crippen molar-refractivity contribution in [3.63, 3.8) is 0 Å². The molecule has 21 heavy (non-hydrogen) atoms. The van der Waals surface area contributed by atoms with Gasteiger partial charge in [0.1, 0.15) is 11.5 Å². The third kappa shape index (κ3) is 3.74. The topological polar surface area (TPSA) is 67.5 Å². The Kier molecular flexibility index (Phi) is 4.83. The van der Waals surface area contributed by atoms with Gasteiger partial charge in [0.25, 0.3) is 0 Å². The first-order valence-electron chi connectivity index (χ1n) is 7.04. The molecule has 1 atom stereocenters. The van der Waals surface area contributed by atoms with Gasteiger partial charge < -0.3 is 15.2 Å². The molecule has 0 saturated carbocycles. The molecule has 0 bridgehead atoms. The van der Waals surface area contributed by atoms with Gasteiger partial charge in [-0.1, -0.05) is 37.3 Å². The van der Waals surface area contributed by atoms with Gasteiger partial charge in [-0.3, -0.25) is 5.73 Å². The van der Waals surface area contributed by atoms with Crippen LogP contribution in [0.2, 0.25) is 0 Å². The summed E-state index contributed by atoms with van der Waals surface area (Å²) in [7, 11) is 1.66. The van der Waals surface area contributed by atoms with Crippen molar-refractivity contribution >= 4 is 5.69 Å². The van der Waals surface area contributed by atoms with Gasteiger partial charge in [-0.05, 0) is 24.6 Å². The molecule has 0 aliphatic carbocycles. The average molecular weight is 286 g/mol. The van der Waals surface area contributed by atoms with Crippen LogP contribution in [0, 0.1) is 0 Å². The number of nitrogens with two attached hydrogens (primary N) is 1. The van der Waals surface area contributed by atoms with Crippen LogP contribution in [0.3, 0.4) is 0 Å². The number of para-hydroxylation sites is 1. The van der Waals surface area contributed by atoms with Gasteiger partial charge in [-0.15, -0.1) is 0 Å². The molecule has 0 amide bonds. The second-order valence-electron chi connectivity index (χ2n) is 5.02. The third-order valence-electron chi connectivity index (χ3n) is 3.58. The van der Waals surface area contributed by atoms with Gasteiger partial charge >= 0.3 is 0 Å². The van der Waals surface area contributed by atoms with E-state index in [0.29, 0.717) is 18.5 Å². The fourth-order valence-electron chi connectivity index (χ4n) is 2.15. The van der Waals surface area contributed by atoms with E-state index >= 15 is 0 Å². The van der Waals surface area contributed by atoms with E-state index in [4.69, 9.17) is 10.5 Å². The second kappa shape index (κ2) is 6.61. The second-order valence-corrected chi connectivity index (χ2v) is 5.02. The minimum absolute atomic E-state index is 0.461. The van der Waals surface area contributed by atoms with Crippen LogP contribution >= 0.6 is 0 Å². The molecule has 4 N–H and O–H groups in total. The highest BCUT2D eigenvalue weighted by Gasteiger charge is 2.21. The lowest BCUT2D eigenvalue weighted by atomic mass is 10.0. The Balaban J connectivity index is 2.12. The molecule has 0 spiro atoms. The van der Waals surface area contributed by atoms with Crippen molar-refractivity contribution < 1.29 is 9.84 Å². The first-order chi connectivity index (χ1) is 10.1. The van der Waals surface area contributed by atoms with E-state index in [-0.39, 0.29) is 0 Å². The highest BCUT2D eigenvalue weighted by molar-refractivity contribution is 5.48. The Hall–Kier alpha value is -2.04. The minimum atomic E-state index is -1.29. The van der Waals surface area contributed by atoms with E-state index in [1.54, 1.807) is 7.11 Å². The molecule has 4 heteroatoms. The summed E-state index contributed by atoms with van der Waals surface area (Å²) in [5, 5.41) is 13.4. The predicted octanol–water partition coefficient (Wildman–Crippen LogP) is 2.82. The maximum atomic E-state index is 10.1. The molecular formula is C17H22N2O2.